The second kappa shape index (κ2) is 12.4. The third-order valence-corrected chi connectivity index (χ3v) is 7.33. The van der Waals surface area contributed by atoms with Gasteiger partial charge in [0.15, 0.2) is 0 Å². The number of nitrogens with one attached hydrogen (secondary N) is 1. The van der Waals surface area contributed by atoms with Crippen molar-refractivity contribution in [1.29, 1.82) is 0 Å². The van der Waals surface area contributed by atoms with Gasteiger partial charge >= 0.3 is 0 Å². The van der Waals surface area contributed by atoms with Crippen LogP contribution in [0.3, 0.4) is 0 Å². The molecule has 0 unspecified atom stereocenters. The number of carbonyl (C=O) groups excluding carboxylic acids is 1. The molecule has 41 heavy (non-hydrogen) atoms. The highest BCUT2D eigenvalue weighted by Gasteiger charge is 2.23. The molecule has 0 saturated carbocycles. The van der Waals surface area contributed by atoms with Crippen molar-refractivity contribution in [1.82, 2.24) is 9.88 Å². The maximum absolute atomic E-state index is 13.3. The Bertz CT molecular complexity index is 1710. The molecule has 0 saturated heterocycles. The van der Waals surface area contributed by atoms with Crippen molar-refractivity contribution in [3.63, 3.8) is 0 Å². The van der Waals surface area contributed by atoms with E-state index >= 15 is 0 Å². The SMILES string of the molecule is O=C(C[C@H](c1cccc(OCc2ccccc2)c1)c1cn(Cc2ccccc2)c2ccccc12)NCc1ccco1. The van der Waals surface area contributed by atoms with Gasteiger partial charge in [0, 0.05) is 36.0 Å². The lowest BCUT2D eigenvalue weighted by atomic mass is 9.88. The van der Waals surface area contributed by atoms with Crippen molar-refractivity contribution in [2.75, 3.05) is 0 Å². The third kappa shape index (κ3) is 6.42. The Morgan fingerprint density at radius 2 is 1.56 bits per heavy atom. The van der Waals surface area contributed by atoms with Gasteiger partial charge in [-0.05, 0) is 52.6 Å². The molecular weight excluding hydrogens is 508 g/mol. The highest BCUT2D eigenvalue weighted by Crippen LogP contribution is 2.36. The van der Waals surface area contributed by atoms with Crippen molar-refractivity contribution in [2.24, 2.45) is 0 Å². The molecule has 1 amide bonds. The number of ether oxygens (including phenoxy) is 1. The average Bonchev–Trinajstić information content (AvgIpc) is 3.68. The Labute approximate surface area is 240 Å². The van der Waals surface area contributed by atoms with E-state index in [9.17, 15) is 4.79 Å². The molecule has 6 rings (SSSR count). The number of aromatic nitrogens is 1. The number of hydrogen-bond donors (Lipinski definition) is 1. The fourth-order valence-corrected chi connectivity index (χ4v) is 5.29. The lowest BCUT2D eigenvalue weighted by Gasteiger charge is -2.18. The molecule has 0 aliphatic heterocycles. The molecule has 2 heterocycles. The maximum Gasteiger partial charge on any atom is 0.221 e. The maximum atomic E-state index is 13.3. The van der Waals surface area contributed by atoms with Crippen LogP contribution in [-0.2, 0) is 24.5 Å². The van der Waals surface area contributed by atoms with Gasteiger partial charge < -0.3 is 19.0 Å². The Kier molecular flexibility index (Phi) is 7.95. The van der Waals surface area contributed by atoms with E-state index < -0.39 is 0 Å². The summed E-state index contributed by atoms with van der Waals surface area (Å²) in [6, 6.07) is 40.8. The molecule has 0 fully saturated rings. The minimum Gasteiger partial charge on any atom is -0.489 e. The summed E-state index contributed by atoms with van der Waals surface area (Å²) in [6.07, 6.45) is 4.12. The van der Waals surface area contributed by atoms with E-state index in [1.165, 1.54) is 5.56 Å². The van der Waals surface area contributed by atoms with Crippen molar-refractivity contribution < 1.29 is 13.9 Å². The first-order valence-electron chi connectivity index (χ1n) is 13.9. The van der Waals surface area contributed by atoms with Crippen LogP contribution in [0.2, 0.25) is 0 Å². The van der Waals surface area contributed by atoms with Crippen molar-refractivity contribution in [3.8, 4) is 5.75 Å². The molecule has 0 spiro atoms. The van der Waals surface area contributed by atoms with Crippen LogP contribution >= 0.6 is 0 Å². The van der Waals surface area contributed by atoms with Gasteiger partial charge in [-0.2, -0.15) is 0 Å². The lowest BCUT2D eigenvalue weighted by Crippen LogP contribution is -2.24. The van der Waals surface area contributed by atoms with Crippen LogP contribution in [0, 0.1) is 0 Å². The van der Waals surface area contributed by atoms with Gasteiger partial charge in [0.1, 0.15) is 18.1 Å². The van der Waals surface area contributed by atoms with E-state index in [1.807, 2.05) is 48.5 Å². The molecular formula is C36H32N2O3. The van der Waals surface area contributed by atoms with Gasteiger partial charge in [-0.25, -0.2) is 0 Å². The zero-order chi connectivity index (χ0) is 27.9. The predicted octanol–water partition coefficient (Wildman–Crippen LogP) is 7.70. The number of furan rings is 1. The summed E-state index contributed by atoms with van der Waals surface area (Å²) in [5.41, 5.74) is 5.62. The molecule has 0 aliphatic rings. The lowest BCUT2D eigenvalue weighted by molar-refractivity contribution is -0.121. The topological polar surface area (TPSA) is 56.4 Å². The molecule has 6 aromatic rings. The van der Waals surface area contributed by atoms with Crippen LogP contribution in [0.15, 0.2) is 138 Å². The molecule has 0 radical (unpaired) electrons. The fourth-order valence-electron chi connectivity index (χ4n) is 5.29. The number of fused-ring (bicyclic) bond motifs is 1. The van der Waals surface area contributed by atoms with Gasteiger partial charge in [0.2, 0.25) is 5.91 Å². The van der Waals surface area contributed by atoms with Crippen LogP contribution < -0.4 is 10.1 Å². The van der Waals surface area contributed by atoms with E-state index in [0.717, 1.165) is 45.6 Å². The summed E-state index contributed by atoms with van der Waals surface area (Å²) >= 11 is 0. The van der Waals surface area contributed by atoms with E-state index in [-0.39, 0.29) is 11.8 Å². The van der Waals surface area contributed by atoms with Crippen LogP contribution in [0.1, 0.15) is 40.4 Å². The standard InChI is InChI=1S/C36H32N2O3/c39-36(37-23-31-17-10-20-40-31)22-33(29-15-9-16-30(21-29)41-26-28-13-5-2-6-14-28)34-25-38(24-27-11-3-1-4-12-27)35-19-8-7-18-32(34)35/h1-21,25,33H,22-24,26H2,(H,37,39)/t33-/m1/s1. The molecule has 1 N–H and O–H groups in total. The second-order valence-corrected chi connectivity index (χ2v) is 10.2. The Balaban J connectivity index is 1.34. The van der Waals surface area contributed by atoms with E-state index in [4.69, 9.17) is 9.15 Å². The fraction of sp³-hybridized carbons (Fsp3) is 0.139. The second-order valence-electron chi connectivity index (χ2n) is 10.2. The summed E-state index contributed by atoms with van der Waals surface area (Å²) in [6.45, 7) is 1.59. The average molecular weight is 541 g/mol. The summed E-state index contributed by atoms with van der Waals surface area (Å²) in [5, 5.41) is 4.18. The van der Waals surface area contributed by atoms with Crippen LogP contribution in [0.5, 0.6) is 5.75 Å². The number of hydrogen-bond acceptors (Lipinski definition) is 3. The van der Waals surface area contributed by atoms with Crippen LogP contribution in [0.4, 0.5) is 0 Å². The van der Waals surface area contributed by atoms with Gasteiger partial charge in [-0.1, -0.05) is 91.0 Å². The predicted molar refractivity (Wildman–Crippen MR) is 162 cm³/mol. The van der Waals surface area contributed by atoms with Crippen LogP contribution in [0.25, 0.3) is 10.9 Å². The van der Waals surface area contributed by atoms with E-state index in [2.05, 4.69) is 88.9 Å². The highest BCUT2D eigenvalue weighted by atomic mass is 16.5. The molecule has 1 atom stereocenters. The minimum atomic E-state index is -0.172. The van der Waals surface area contributed by atoms with Crippen LogP contribution in [-0.4, -0.2) is 10.5 Å². The Morgan fingerprint density at radius 3 is 2.34 bits per heavy atom. The zero-order valence-corrected chi connectivity index (χ0v) is 22.8. The summed E-state index contributed by atoms with van der Waals surface area (Å²) in [5.74, 6) is 1.29. The number of nitrogens with zero attached hydrogens (tertiary/aromatic N) is 1. The van der Waals surface area contributed by atoms with E-state index in [1.54, 1.807) is 6.26 Å². The number of amides is 1. The summed E-state index contributed by atoms with van der Waals surface area (Å²) in [4.78, 5) is 13.3. The number of benzene rings is 4. The monoisotopic (exact) mass is 540 g/mol. The van der Waals surface area contributed by atoms with Gasteiger partial charge in [-0.3, -0.25) is 4.79 Å². The molecule has 5 heteroatoms. The largest absolute Gasteiger partial charge is 0.489 e. The summed E-state index contributed by atoms with van der Waals surface area (Å²) in [7, 11) is 0. The third-order valence-electron chi connectivity index (χ3n) is 7.33. The van der Waals surface area contributed by atoms with Crippen molar-refractivity contribution >= 4 is 16.8 Å². The number of para-hydroxylation sites is 1. The molecule has 2 aromatic heterocycles. The minimum absolute atomic E-state index is 0.0399. The van der Waals surface area contributed by atoms with Gasteiger partial charge in [0.05, 0.1) is 12.8 Å². The highest BCUT2D eigenvalue weighted by molar-refractivity contribution is 5.87. The first-order chi connectivity index (χ1) is 20.2. The smallest absolute Gasteiger partial charge is 0.221 e. The normalized spacial score (nSPS) is 11.8. The van der Waals surface area contributed by atoms with Crippen molar-refractivity contribution in [2.45, 2.75) is 32.0 Å². The quantitative estimate of drug-likeness (QED) is 0.183. The molecule has 0 aliphatic carbocycles. The first kappa shape index (κ1) is 26.2. The first-order valence-corrected chi connectivity index (χ1v) is 13.9. The van der Waals surface area contributed by atoms with Gasteiger partial charge in [-0.15, -0.1) is 0 Å². The van der Waals surface area contributed by atoms with Gasteiger partial charge in [0.25, 0.3) is 0 Å². The number of carbonyl (C=O) groups is 1. The molecule has 5 nitrogen and oxygen atoms in total. The molecule has 204 valence electrons. The zero-order valence-electron chi connectivity index (χ0n) is 22.8. The Hall–Kier alpha value is -5.03. The van der Waals surface area contributed by atoms with E-state index in [0.29, 0.717) is 19.6 Å². The number of rotatable bonds is 11. The summed E-state index contributed by atoms with van der Waals surface area (Å²) < 4.78 is 13.9. The Morgan fingerprint density at radius 1 is 0.805 bits per heavy atom. The molecule has 0 bridgehead atoms. The molecule has 4 aromatic carbocycles. The van der Waals surface area contributed by atoms with Crippen molar-refractivity contribution in [3.05, 3.63) is 162 Å².